The Morgan fingerprint density at radius 1 is 1.14 bits per heavy atom. The number of aromatic nitrogens is 1. The quantitative estimate of drug-likeness (QED) is 0.611. The monoisotopic (exact) mass is 419 g/mol. The number of rotatable bonds is 5. The van der Waals surface area contributed by atoms with E-state index in [4.69, 9.17) is 16.3 Å². The Labute approximate surface area is 169 Å². The number of halogens is 3. The second-order valence-electron chi connectivity index (χ2n) is 6.23. The van der Waals surface area contributed by atoms with E-state index < -0.39 is 23.2 Å². The number of hydrogen-bond acceptors (Lipinski definition) is 4. The predicted octanol–water partition coefficient (Wildman–Crippen LogP) is 4.65. The lowest BCUT2D eigenvalue weighted by Crippen LogP contribution is -2.13. The Hall–Kier alpha value is -3.19. The van der Waals surface area contributed by atoms with Crippen molar-refractivity contribution in [3.05, 3.63) is 86.3 Å². The van der Waals surface area contributed by atoms with Crippen LogP contribution in [-0.4, -0.2) is 18.1 Å². The van der Waals surface area contributed by atoms with Gasteiger partial charge in [-0.25, -0.2) is 13.6 Å². The third-order valence-electron chi connectivity index (χ3n) is 4.19. The summed E-state index contributed by atoms with van der Waals surface area (Å²) in [6.07, 6.45) is 0. The molecule has 0 aliphatic rings. The summed E-state index contributed by atoms with van der Waals surface area (Å²) in [5.41, 5.74) is 0.862. The molecule has 0 saturated carbocycles. The van der Waals surface area contributed by atoms with Crippen molar-refractivity contribution < 1.29 is 23.0 Å². The molecule has 8 heteroatoms. The number of ether oxygens (including phenoxy) is 2. The van der Waals surface area contributed by atoms with E-state index in [2.05, 4.69) is 9.72 Å². The molecular formula is C21H16ClF2NO4. The van der Waals surface area contributed by atoms with Crippen molar-refractivity contribution in [3.8, 4) is 16.9 Å². The lowest BCUT2D eigenvalue weighted by molar-refractivity contribution is 0.0600. The van der Waals surface area contributed by atoms with E-state index in [1.807, 2.05) is 0 Å². The summed E-state index contributed by atoms with van der Waals surface area (Å²) in [4.78, 5) is 26.9. The Kier molecular flexibility index (Phi) is 5.98. The van der Waals surface area contributed by atoms with Gasteiger partial charge in [-0.1, -0.05) is 17.7 Å². The number of pyridine rings is 1. The smallest absolute Gasteiger partial charge is 0.337 e. The van der Waals surface area contributed by atoms with Gasteiger partial charge < -0.3 is 14.5 Å². The second-order valence-corrected chi connectivity index (χ2v) is 6.64. The average Bonchev–Trinajstić information content (AvgIpc) is 2.67. The van der Waals surface area contributed by atoms with Crippen LogP contribution >= 0.6 is 11.6 Å². The molecule has 3 aromatic rings. The highest BCUT2D eigenvalue weighted by molar-refractivity contribution is 6.33. The third-order valence-corrected chi connectivity index (χ3v) is 4.50. The number of esters is 1. The summed E-state index contributed by atoms with van der Waals surface area (Å²) >= 11 is 6.29. The van der Waals surface area contributed by atoms with Crippen LogP contribution in [0.3, 0.4) is 0 Å². The highest BCUT2D eigenvalue weighted by Crippen LogP contribution is 2.33. The summed E-state index contributed by atoms with van der Waals surface area (Å²) in [5.74, 6) is -1.85. The van der Waals surface area contributed by atoms with Crippen molar-refractivity contribution in [2.75, 3.05) is 7.11 Å². The minimum absolute atomic E-state index is 0.125. The number of aryl methyl sites for hydroxylation is 1. The number of aromatic amines is 1. The standard InChI is InChI=1S/C21H16ClF2NO4/c1-11-7-18(29-10-13-3-5-14(23)9-17(13)24)19(20(26)25-11)15-6-4-12(8-16(15)22)21(27)28-2/h3-9H,10H2,1-2H3,(H,25,26). The Morgan fingerprint density at radius 2 is 1.90 bits per heavy atom. The third kappa shape index (κ3) is 4.46. The maximum absolute atomic E-state index is 13.9. The van der Waals surface area contributed by atoms with Crippen LogP contribution < -0.4 is 10.3 Å². The molecule has 0 amide bonds. The molecule has 2 aromatic carbocycles. The van der Waals surface area contributed by atoms with Gasteiger partial charge in [0.15, 0.2) is 0 Å². The summed E-state index contributed by atoms with van der Waals surface area (Å²) in [7, 11) is 1.25. The van der Waals surface area contributed by atoms with Gasteiger partial charge in [0.05, 0.1) is 18.2 Å². The van der Waals surface area contributed by atoms with Gasteiger partial charge in [0.2, 0.25) is 0 Å². The Balaban J connectivity index is 2.02. The maximum atomic E-state index is 13.9. The first-order valence-corrected chi connectivity index (χ1v) is 8.87. The fourth-order valence-corrected chi connectivity index (χ4v) is 3.06. The van der Waals surface area contributed by atoms with E-state index in [-0.39, 0.29) is 34.1 Å². The Bertz CT molecular complexity index is 1140. The zero-order chi connectivity index (χ0) is 21.1. The highest BCUT2D eigenvalue weighted by atomic mass is 35.5. The second kappa shape index (κ2) is 8.45. The van der Waals surface area contributed by atoms with E-state index in [9.17, 15) is 18.4 Å². The molecule has 0 bridgehead atoms. The number of benzene rings is 2. The van der Waals surface area contributed by atoms with Crippen LogP contribution in [0.15, 0.2) is 47.3 Å². The molecule has 150 valence electrons. The van der Waals surface area contributed by atoms with Crippen molar-refractivity contribution in [2.24, 2.45) is 0 Å². The molecule has 5 nitrogen and oxygen atoms in total. The van der Waals surface area contributed by atoms with E-state index >= 15 is 0 Å². The van der Waals surface area contributed by atoms with Gasteiger partial charge in [-0.3, -0.25) is 4.79 Å². The van der Waals surface area contributed by atoms with Crippen LogP contribution in [0.4, 0.5) is 8.78 Å². The molecule has 1 aromatic heterocycles. The summed E-state index contributed by atoms with van der Waals surface area (Å²) in [6, 6.07) is 9.06. The van der Waals surface area contributed by atoms with Crippen molar-refractivity contribution in [2.45, 2.75) is 13.5 Å². The lowest BCUT2D eigenvalue weighted by atomic mass is 10.0. The molecule has 29 heavy (non-hydrogen) atoms. The van der Waals surface area contributed by atoms with Gasteiger partial charge in [0.1, 0.15) is 24.0 Å². The normalized spacial score (nSPS) is 10.7. The molecule has 0 saturated heterocycles. The van der Waals surface area contributed by atoms with Gasteiger partial charge >= 0.3 is 5.97 Å². The zero-order valence-corrected chi connectivity index (χ0v) is 16.3. The van der Waals surface area contributed by atoms with Crippen molar-refractivity contribution >= 4 is 17.6 Å². The van der Waals surface area contributed by atoms with Gasteiger partial charge in [0, 0.05) is 34.0 Å². The molecule has 0 unspecified atom stereocenters. The molecule has 0 fully saturated rings. The number of carbonyl (C=O) groups is 1. The van der Waals surface area contributed by atoms with Crippen LogP contribution in [0.5, 0.6) is 5.75 Å². The minimum Gasteiger partial charge on any atom is -0.488 e. The SMILES string of the molecule is COC(=O)c1ccc(-c2c(OCc3ccc(F)cc3F)cc(C)[nH]c2=O)c(Cl)c1. The van der Waals surface area contributed by atoms with Gasteiger partial charge in [-0.2, -0.15) is 0 Å². The minimum atomic E-state index is -0.756. The first-order chi connectivity index (χ1) is 13.8. The summed E-state index contributed by atoms with van der Waals surface area (Å²) in [5, 5.41) is 0.139. The highest BCUT2D eigenvalue weighted by Gasteiger charge is 2.18. The maximum Gasteiger partial charge on any atom is 0.337 e. The van der Waals surface area contributed by atoms with Crippen LogP contribution in [0, 0.1) is 18.6 Å². The van der Waals surface area contributed by atoms with E-state index in [0.717, 1.165) is 12.1 Å². The zero-order valence-electron chi connectivity index (χ0n) is 15.5. The van der Waals surface area contributed by atoms with Crippen LogP contribution in [0.1, 0.15) is 21.6 Å². The molecule has 1 N–H and O–H groups in total. The summed E-state index contributed by atoms with van der Waals surface area (Å²) < 4.78 is 37.3. The molecule has 0 spiro atoms. The van der Waals surface area contributed by atoms with E-state index in [1.54, 1.807) is 13.0 Å². The van der Waals surface area contributed by atoms with Gasteiger partial charge in [-0.05, 0) is 31.2 Å². The largest absolute Gasteiger partial charge is 0.488 e. The fourth-order valence-electron chi connectivity index (χ4n) is 2.78. The lowest BCUT2D eigenvalue weighted by Gasteiger charge is -2.14. The number of hydrogen-bond donors (Lipinski definition) is 1. The first-order valence-electron chi connectivity index (χ1n) is 8.49. The molecule has 0 atom stereocenters. The molecule has 1 heterocycles. The number of carbonyl (C=O) groups excluding carboxylic acids is 1. The van der Waals surface area contributed by atoms with Crippen LogP contribution in [0.2, 0.25) is 5.02 Å². The Morgan fingerprint density at radius 3 is 2.55 bits per heavy atom. The van der Waals surface area contributed by atoms with E-state index in [0.29, 0.717) is 11.3 Å². The number of nitrogens with one attached hydrogen (secondary N) is 1. The van der Waals surface area contributed by atoms with E-state index in [1.165, 1.54) is 31.4 Å². The molecular weight excluding hydrogens is 404 g/mol. The first kappa shape index (κ1) is 20.5. The van der Waals surface area contributed by atoms with Gasteiger partial charge in [-0.15, -0.1) is 0 Å². The number of methoxy groups -OCH3 is 1. The van der Waals surface area contributed by atoms with Crippen LogP contribution in [0.25, 0.3) is 11.1 Å². The topological polar surface area (TPSA) is 68.4 Å². The molecule has 0 aliphatic carbocycles. The average molecular weight is 420 g/mol. The van der Waals surface area contributed by atoms with Crippen molar-refractivity contribution in [3.63, 3.8) is 0 Å². The molecule has 0 radical (unpaired) electrons. The fraction of sp³-hybridized carbons (Fsp3) is 0.143. The molecule has 3 rings (SSSR count). The molecule has 0 aliphatic heterocycles. The van der Waals surface area contributed by atoms with Crippen LogP contribution in [-0.2, 0) is 11.3 Å². The van der Waals surface area contributed by atoms with Crippen molar-refractivity contribution in [1.82, 2.24) is 4.98 Å². The van der Waals surface area contributed by atoms with Gasteiger partial charge in [0.25, 0.3) is 5.56 Å². The predicted molar refractivity (Wildman–Crippen MR) is 104 cm³/mol. The number of H-pyrrole nitrogens is 1. The summed E-state index contributed by atoms with van der Waals surface area (Å²) in [6.45, 7) is 1.44. The van der Waals surface area contributed by atoms with Crippen molar-refractivity contribution in [1.29, 1.82) is 0 Å².